The second kappa shape index (κ2) is 3.53. The lowest BCUT2D eigenvalue weighted by atomic mass is 10.2. The molecule has 0 aromatic carbocycles. The summed E-state index contributed by atoms with van der Waals surface area (Å²) in [5.41, 5.74) is 0. The lowest BCUT2D eigenvalue weighted by Gasteiger charge is -2.21. The zero-order valence-corrected chi connectivity index (χ0v) is 5.71. The lowest BCUT2D eigenvalue weighted by molar-refractivity contribution is -0.137. The molecule has 0 aromatic heterocycles. The Bertz CT molecular complexity index is 121. The first-order valence-corrected chi connectivity index (χ1v) is 3.37. The third-order valence-corrected chi connectivity index (χ3v) is 1.47. The number of carbonyl (C=O) groups is 1. The van der Waals surface area contributed by atoms with Gasteiger partial charge in [-0.05, 0) is 0 Å². The number of nitrogens with zero attached hydrogens (tertiary/aromatic N) is 1. The highest BCUT2D eigenvalue weighted by Gasteiger charge is 2.15. The SMILES string of the molecule is O=C(O)CC1C[N]CCN1. The third-order valence-electron chi connectivity index (χ3n) is 1.47. The summed E-state index contributed by atoms with van der Waals surface area (Å²) in [6, 6.07) is 0.0613. The van der Waals surface area contributed by atoms with Crippen LogP contribution in [0.2, 0.25) is 0 Å². The molecule has 1 atom stereocenters. The minimum Gasteiger partial charge on any atom is -0.481 e. The van der Waals surface area contributed by atoms with Crippen molar-refractivity contribution in [1.29, 1.82) is 0 Å². The predicted octanol–water partition coefficient (Wildman–Crippen LogP) is -0.963. The zero-order valence-electron chi connectivity index (χ0n) is 5.71. The van der Waals surface area contributed by atoms with Gasteiger partial charge in [0.1, 0.15) is 0 Å². The number of rotatable bonds is 2. The molecule has 0 bridgehead atoms. The molecule has 1 saturated heterocycles. The maximum Gasteiger partial charge on any atom is 0.304 e. The summed E-state index contributed by atoms with van der Waals surface area (Å²) in [5, 5.41) is 15.5. The highest BCUT2D eigenvalue weighted by molar-refractivity contribution is 5.67. The Kier molecular flexibility index (Phi) is 2.65. The van der Waals surface area contributed by atoms with Crippen molar-refractivity contribution in [2.24, 2.45) is 0 Å². The number of hydrogen-bond donors (Lipinski definition) is 2. The Balaban J connectivity index is 2.19. The number of hydrogen-bond acceptors (Lipinski definition) is 2. The van der Waals surface area contributed by atoms with Crippen LogP contribution in [0, 0.1) is 0 Å². The summed E-state index contributed by atoms with van der Waals surface area (Å²) in [6.07, 6.45) is 0.184. The molecule has 0 aliphatic carbocycles. The van der Waals surface area contributed by atoms with Crippen molar-refractivity contribution in [3.05, 3.63) is 0 Å². The Morgan fingerprint density at radius 3 is 3.10 bits per heavy atom. The van der Waals surface area contributed by atoms with E-state index in [1.807, 2.05) is 0 Å². The van der Waals surface area contributed by atoms with Crippen LogP contribution in [-0.2, 0) is 4.79 Å². The van der Waals surface area contributed by atoms with Gasteiger partial charge < -0.3 is 10.4 Å². The summed E-state index contributed by atoms with van der Waals surface area (Å²) >= 11 is 0. The summed E-state index contributed by atoms with van der Waals surface area (Å²) in [7, 11) is 0. The van der Waals surface area contributed by atoms with Gasteiger partial charge in [-0.1, -0.05) is 0 Å². The van der Waals surface area contributed by atoms with E-state index in [9.17, 15) is 4.79 Å². The Morgan fingerprint density at radius 2 is 2.60 bits per heavy atom. The van der Waals surface area contributed by atoms with Crippen molar-refractivity contribution < 1.29 is 9.90 Å². The van der Waals surface area contributed by atoms with Crippen LogP contribution in [0.25, 0.3) is 0 Å². The molecule has 10 heavy (non-hydrogen) atoms. The number of carboxylic acid groups (broad SMARTS) is 1. The van der Waals surface area contributed by atoms with E-state index in [4.69, 9.17) is 5.11 Å². The predicted molar refractivity (Wildman–Crippen MR) is 35.9 cm³/mol. The average Bonchev–Trinajstić information content (AvgIpc) is 1.88. The second-order valence-corrected chi connectivity index (χ2v) is 2.38. The molecule has 1 heterocycles. The molecule has 1 aliphatic rings. The Hall–Kier alpha value is -0.610. The Morgan fingerprint density at radius 1 is 1.80 bits per heavy atom. The Labute approximate surface area is 59.6 Å². The van der Waals surface area contributed by atoms with Crippen LogP contribution in [0.15, 0.2) is 0 Å². The number of piperazine rings is 1. The van der Waals surface area contributed by atoms with Crippen LogP contribution in [0.4, 0.5) is 0 Å². The lowest BCUT2D eigenvalue weighted by Crippen LogP contribution is -2.46. The van der Waals surface area contributed by atoms with Crippen LogP contribution < -0.4 is 10.6 Å². The molecule has 1 unspecified atom stereocenters. The molecule has 57 valence electrons. The van der Waals surface area contributed by atoms with E-state index in [2.05, 4.69) is 10.6 Å². The molecule has 1 aliphatic heterocycles. The minimum absolute atomic E-state index is 0.0613. The second-order valence-electron chi connectivity index (χ2n) is 2.38. The van der Waals surface area contributed by atoms with E-state index in [0.717, 1.165) is 13.1 Å². The molecule has 2 N–H and O–H groups in total. The molecule has 4 nitrogen and oxygen atoms in total. The zero-order chi connectivity index (χ0) is 7.40. The van der Waals surface area contributed by atoms with Gasteiger partial charge in [-0.2, -0.15) is 0 Å². The van der Waals surface area contributed by atoms with Gasteiger partial charge in [0.05, 0.1) is 6.42 Å². The van der Waals surface area contributed by atoms with Crippen molar-refractivity contribution in [2.75, 3.05) is 19.6 Å². The highest BCUT2D eigenvalue weighted by Crippen LogP contribution is 1.93. The van der Waals surface area contributed by atoms with E-state index >= 15 is 0 Å². The van der Waals surface area contributed by atoms with Gasteiger partial charge in [0.25, 0.3) is 0 Å². The fraction of sp³-hybridized carbons (Fsp3) is 0.833. The van der Waals surface area contributed by atoms with Crippen molar-refractivity contribution in [2.45, 2.75) is 12.5 Å². The van der Waals surface area contributed by atoms with Gasteiger partial charge in [0.2, 0.25) is 0 Å². The van der Waals surface area contributed by atoms with E-state index in [0.29, 0.717) is 6.54 Å². The first-order valence-electron chi connectivity index (χ1n) is 3.37. The summed E-state index contributed by atoms with van der Waals surface area (Å²) in [6.45, 7) is 2.28. The van der Waals surface area contributed by atoms with Crippen molar-refractivity contribution in [1.82, 2.24) is 10.6 Å². The van der Waals surface area contributed by atoms with Crippen molar-refractivity contribution >= 4 is 5.97 Å². The minimum atomic E-state index is -0.755. The monoisotopic (exact) mass is 143 g/mol. The van der Waals surface area contributed by atoms with Crippen LogP contribution in [0.1, 0.15) is 6.42 Å². The standard InChI is InChI=1S/C6H11N2O2/c9-6(10)3-5-4-7-1-2-8-5/h5,8H,1-4H2,(H,9,10). The van der Waals surface area contributed by atoms with Gasteiger partial charge in [-0.25, -0.2) is 5.32 Å². The fourth-order valence-electron chi connectivity index (χ4n) is 1.01. The first-order chi connectivity index (χ1) is 4.79. The topological polar surface area (TPSA) is 63.4 Å². The van der Waals surface area contributed by atoms with E-state index in [-0.39, 0.29) is 12.5 Å². The molecule has 0 saturated carbocycles. The molecule has 1 fully saturated rings. The fourth-order valence-corrected chi connectivity index (χ4v) is 1.01. The summed E-state index contributed by atoms with van der Waals surface area (Å²) < 4.78 is 0. The van der Waals surface area contributed by atoms with Crippen LogP contribution in [0.5, 0.6) is 0 Å². The summed E-state index contributed by atoms with van der Waals surface area (Å²) in [4.78, 5) is 10.2. The van der Waals surface area contributed by atoms with Gasteiger partial charge in [-0.15, -0.1) is 0 Å². The number of aliphatic carboxylic acids is 1. The molecule has 4 heteroatoms. The maximum absolute atomic E-state index is 10.2. The first kappa shape index (κ1) is 7.50. The van der Waals surface area contributed by atoms with Crippen LogP contribution in [0.3, 0.4) is 0 Å². The maximum atomic E-state index is 10.2. The molecule has 0 spiro atoms. The quantitative estimate of drug-likeness (QED) is 0.523. The molecule has 0 aromatic rings. The highest BCUT2D eigenvalue weighted by atomic mass is 16.4. The van der Waals surface area contributed by atoms with Crippen LogP contribution in [-0.4, -0.2) is 36.8 Å². The normalized spacial score (nSPS) is 26.2. The van der Waals surface area contributed by atoms with Gasteiger partial charge in [0, 0.05) is 25.7 Å². The smallest absolute Gasteiger partial charge is 0.304 e. The largest absolute Gasteiger partial charge is 0.481 e. The van der Waals surface area contributed by atoms with E-state index in [1.54, 1.807) is 0 Å². The van der Waals surface area contributed by atoms with Gasteiger partial charge >= 0.3 is 5.97 Å². The molecule has 0 amide bonds. The molecule has 1 radical (unpaired) electrons. The molecular formula is C6H11N2O2. The van der Waals surface area contributed by atoms with E-state index in [1.165, 1.54) is 0 Å². The number of carboxylic acids is 1. The van der Waals surface area contributed by atoms with Gasteiger partial charge in [-0.3, -0.25) is 4.79 Å². The van der Waals surface area contributed by atoms with Gasteiger partial charge in [0.15, 0.2) is 0 Å². The van der Waals surface area contributed by atoms with E-state index < -0.39 is 5.97 Å². The molecule has 1 rings (SSSR count). The van der Waals surface area contributed by atoms with Crippen molar-refractivity contribution in [3.63, 3.8) is 0 Å². The average molecular weight is 143 g/mol. The number of nitrogens with one attached hydrogen (secondary N) is 1. The summed E-state index contributed by atoms with van der Waals surface area (Å²) in [5.74, 6) is -0.755. The van der Waals surface area contributed by atoms with Crippen LogP contribution >= 0.6 is 0 Å². The van der Waals surface area contributed by atoms with Crippen molar-refractivity contribution in [3.8, 4) is 0 Å². The molecular weight excluding hydrogens is 132 g/mol. The third kappa shape index (κ3) is 2.33.